The quantitative estimate of drug-likeness (QED) is 0.728. The van der Waals surface area contributed by atoms with Crippen molar-refractivity contribution in [2.45, 2.75) is 37.5 Å². The third-order valence-corrected chi connectivity index (χ3v) is 5.91. The zero-order chi connectivity index (χ0) is 22.0. The van der Waals surface area contributed by atoms with Crippen molar-refractivity contribution in [3.63, 3.8) is 0 Å². The van der Waals surface area contributed by atoms with Crippen LogP contribution in [-0.4, -0.2) is 54.2 Å². The van der Waals surface area contributed by atoms with E-state index in [1.807, 2.05) is 12.1 Å². The first-order valence-electron chi connectivity index (χ1n) is 10.5. The van der Waals surface area contributed by atoms with Crippen LogP contribution in [0.4, 0.5) is 13.2 Å². The number of aromatic hydroxyl groups is 1. The maximum atomic E-state index is 13.1. The summed E-state index contributed by atoms with van der Waals surface area (Å²) in [5, 5.41) is 12.4. The number of phenolic OH excluding ortho intramolecular Hbond substituents is 1. The van der Waals surface area contributed by atoms with E-state index in [4.69, 9.17) is 4.74 Å². The van der Waals surface area contributed by atoms with Gasteiger partial charge in [0.25, 0.3) is 5.78 Å². The van der Waals surface area contributed by atoms with Crippen LogP contribution in [0.3, 0.4) is 0 Å². The van der Waals surface area contributed by atoms with Crippen molar-refractivity contribution in [3.8, 4) is 11.5 Å². The van der Waals surface area contributed by atoms with Gasteiger partial charge < -0.3 is 9.84 Å². The summed E-state index contributed by atoms with van der Waals surface area (Å²) in [5.74, 6) is -1.14. The Morgan fingerprint density at radius 2 is 1.84 bits per heavy atom. The van der Waals surface area contributed by atoms with Crippen molar-refractivity contribution < 1.29 is 27.8 Å². The van der Waals surface area contributed by atoms with E-state index >= 15 is 0 Å². The Morgan fingerprint density at radius 3 is 2.52 bits per heavy atom. The van der Waals surface area contributed by atoms with Crippen molar-refractivity contribution in [3.05, 3.63) is 59.2 Å². The van der Waals surface area contributed by atoms with Crippen LogP contribution in [-0.2, 0) is 11.2 Å². The fraction of sp³-hybridized carbons (Fsp3) is 0.435. The molecular weight excluding hydrogens is 409 g/mol. The Morgan fingerprint density at radius 1 is 1.13 bits per heavy atom. The fourth-order valence-corrected chi connectivity index (χ4v) is 4.31. The van der Waals surface area contributed by atoms with E-state index in [0.29, 0.717) is 23.5 Å². The molecule has 4 rings (SSSR count). The number of alkyl halides is 3. The second-order valence-electron chi connectivity index (χ2n) is 8.07. The molecule has 166 valence electrons. The number of likely N-dealkylation sites (tertiary alicyclic amines) is 1. The van der Waals surface area contributed by atoms with Gasteiger partial charge in [-0.3, -0.25) is 15.0 Å². The van der Waals surface area contributed by atoms with Gasteiger partial charge in [-0.2, -0.15) is 13.2 Å². The van der Waals surface area contributed by atoms with Crippen LogP contribution in [0.2, 0.25) is 0 Å². The smallest absolute Gasteiger partial charge is 0.451 e. The third kappa shape index (κ3) is 5.02. The molecule has 0 aliphatic carbocycles. The van der Waals surface area contributed by atoms with E-state index in [9.17, 15) is 23.1 Å². The zero-order valence-corrected chi connectivity index (χ0v) is 17.0. The molecule has 8 heteroatoms. The van der Waals surface area contributed by atoms with E-state index in [0.717, 1.165) is 25.2 Å². The molecule has 0 bridgehead atoms. The molecule has 2 aromatic carbocycles. The van der Waals surface area contributed by atoms with E-state index in [-0.39, 0.29) is 12.2 Å². The Bertz CT molecular complexity index is 925. The molecule has 2 aromatic rings. The molecule has 0 amide bonds. The SMILES string of the molecule is O=C(C1Cc2cc(OCCN3CCCC3)ccc2C(c2ccc(O)cc2)N1)C(F)(F)F. The Kier molecular flexibility index (Phi) is 6.20. The molecule has 2 unspecified atom stereocenters. The van der Waals surface area contributed by atoms with Gasteiger partial charge in [-0.05, 0) is 73.3 Å². The zero-order valence-electron chi connectivity index (χ0n) is 17.0. The molecule has 2 N–H and O–H groups in total. The van der Waals surface area contributed by atoms with E-state index in [1.165, 1.54) is 25.0 Å². The predicted molar refractivity (Wildman–Crippen MR) is 109 cm³/mol. The maximum absolute atomic E-state index is 13.1. The van der Waals surface area contributed by atoms with E-state index < -0.39 is 24.0 Å². The molecule has 2 atom stereocenters. The Balaban J connectivity index is 1.57. The molecular formula is C23H25F3N2O3. The number of benzene rings is 2. The number of ether oxygens (including phenoxy) is 1. The number of rotatable bonds is 6. The highest BCUT2D eigenvalue weighted by Gasteiger charge is 2.45. The maximum Gasteiger partial charge on any atom is 0.451 e. The Hall–Kier alpha value is -2.58. The average Bonchev–Trinajstić information content (AvgIpc) is 3.26. The fourth-order valence-electron chi connectivity index (χ4n) is 4.31. The van der Waals surface area contributed by atoms with Crippen molar-refractivity contribution in [2.75, 3.05) is 26.2 Å². The van der Waals surface area contributed by atoms with Crippen LogP contribution in [0, 0.1) is 0 Å². The number of Topliss-reactive ketones (excluding diaryl/α,β-unsaturated/α-hetero) is 1. The topological polar surface area (TPSA) is 61.8 Å². The predicted octanol–water partition coefficient (Wildman–Crippen LogP) is 3.60. The normalized spacial score (nSPS) is 21.6. The van der Waals surface area contributed by atoms with Crippen molar-refractivity contribution >= 4 is 5.78 Å². The third-order valence-electron chi connectivity index (χ3n) is 5.91. The highest BCUT2D eigenvalue weighted by atomic mass is 19.4. The molecule has 0 radical (unpaired) electrons. The lowest BCUT2D eigenvalue weighted by atomic mass is 9.85. The van der Waals surface area contributed by atoms with Gasteiger partial charge in [0.15, 0.2) is 0 Å². The lowest BCUT2D eigenvalue weighted by molar-refractivity contribution is -0.173. The van der Waals surface area contributed by atoms with Gasteiger partial charge in [0, 0.05) is 6.54 Å². The van der Waals surface area contributed by atoms with Crippen molar-refractivity contribution in [2.24, 2.45) is 0 Å². The lowest BCUT2D eigenvalue weighted by Crippen LogP contribution is -2.49. The summed E-state index contributed by atoms with van der Waals surface area (Å²) in [6.45, 7) is 3.44. The summed E-state index contributed by atoms with van der Waals surface area (Å²) in [6.07, 6.45) is -2.59. The largest absolute Gasteiger partial charge is 0.508 e. The van der Waals surface area contributed by atoms with Gasteiger partial charge in [0.2, 0.25) is 0 Å². The number of nitrogens with one attached hydrogen (secondary N) is 1. The highest BCUT2D eigenvalue weighted by Crippen LogP contribution is 2.35. The number of fused-ring (bicyclic) bond motifs is 1. The van der Waals surface area contributed by atoms with Gasteiger partial charge in [0.05, 0.1) is 12.1 Å². The highest BCUT2D eigenvalue weighted by molar-refractivity contribution is 5.89. The monoisotopic (exact) mass is 434 g/mol. The molecule has 0 aromatic heterocycles. The molecule has 2 heterocycles. The minimum atomic E-state index is -4.92. The summed E-state index contributed by atoms with van der Waals surface area (Å²) < 4.78 is 45.3. The van der Waals surface area contributed by atoms with E-state index in [1.54, 1.807) is 18.2 Å². The van der Waals surface area contributed by atoms with Gasteiger partial charge >= 0.3 is 6.18 Å². The minimum absolute atomic E-state index is 0.0597. The first-order valence-corrected chi connectivity index (χ1v) is 10.5. The molecule has 2 aliphatic rings. The molecule has 2 aliphatic heterocycles. The van der Waals surface area contributed by atoms with Gasteiger partial charge in [0.1, 0.15) is 18.1 Å². The van der Waals surface area contributed by atoms with Gasteiger partial charge in [-0.15, -0.1) is 0 Å². The number of phenols is 1. The van der Waals surface area contributed by atoms with Crippen LogP contribution < -0.4 is 10.1 Å². The van der Waals surface area contributed by atoms with Gasteiger partial charge in [-0.1, -0.05) is 18.2 Å². The molecule has 1 saturated heterocycles. The van der Waals surface area contributed by atoms with Crippen molar-refractivity contribution in [1.82, 2.24) is 10.2 Å². The summed E-state index contributed by atoms with van der Waals surface area (Å²) >= 11 is 0. The van der Waals surface area contributed by atoms with Crippen LogP contribution in [0.1, 0.15) is 35.6 Å². The van der Waals surface area contributed by atoms with Crippen molar-refractivity contribution in [1.29, 1.82) is 0 Å². The van der Waals surface area contributed by atoms with Crippen LogP contribution in [0.25, 0.3) is 0 Å². The molecule has 1 fully saturated rings. The second kappa shape index (κ2) is 8.88. The first-order chi connectivity index (χ1) is 14.8. The standard InChI is InChI=1S/C23H25F3N2O3/c24-23(25,26)22(30)20-14-16-13-18(31-12-11-28-9-1-2-10-28)7-8-19(16)21(27-20)15-3-5-17(29)6-4-15/h3-8,13,20-21,27,29H,1-2,9-12,14H2. The Labute approximate surface area is 178 Å². The number of hydrogen-bond donors (Lipinski definition) is 2. The average molecular weight is 434 g/mol. The number of nitrogens with zero attached hydrogens (tertiary/aromatic N) is 1. The second-order valence-corrected chi connectivity index (χ2v) is 8.07. The number of hydrogen-bond acceptors (Lipinski definition) is 5. The van der Waals surface area contributed by atoms with Gasteiger partial charge in [-0.25, -0.2) is 0 Å². The number of carbonyl (C=O) groups is 1. The van der Waals surface area contributed by atoms with Crippen LogP contribution >= 0.6 is 0 Å². The van der Waals surface area contributed by atoms with Crippen LogP contribution in [0.5, 0.6) is 11.5 Å². The summed E-state index contributed by atoms with van der Waals surface area (Å²) in [7, 11) is 0. The lowest BCUT2D eigenvalue weighted by Gasteiger charge is -2.33. The summed E-state index contributed by atoms with van der Waals surface area (Å²) in [5.41, 5.74) is 2.11. The van der Waals surface area contributed by atoms with Crippen LogP contribution in [0.15, 0.2) is 42.5 Å². The number of ketones is 1. The minimum Gasteiger partial charge on any atom is -0.508 e. The summed E-state index contributed by atoms with van der Waals surface area (Å²) in [4.78, 5) is 14.3. The molecule has 0 spiro atoms. The molecule has 5 nitrogen and oxygen atoms in total. The number of carbonyl (C=O) groups excluding carboxylic acids is 1. The van der Waals surface area contributed by atoms with E-state index in [2.05, 4.69) is 10.2 Å². The first kappa shape index (κ1) is 21.6. The number of halogens is 3. The summed E-state index contributed by atoms with van der Waals surface area (Å²) in [6, 6.07) is 9.62. The molecule has 31 heavy (non-hydrogen) atoms. The molecule has 0 saturated carbocycles.